The van der Waals surface area contributed by atoms with Crippen LogP contribution in [0.15, 0.2) is 51.8 Å². The van der Waals surface area contributed by atoms with Gasteiger partial charge in [0.25, 0.3) is 15.9 Å². The molecule has 0 fully saturated rings. The number of rotatable bonds is 5. The molecule has 2 aliphatic heterocycles. The molecule has 31 heavy (non-hydrogen) atoms. The van der Waals surface area contributed by atoms with Crippen LogP contribution < -0.4 is 15.0 Å². The van der Waals surface area contributed by atoms with Gasteiger partial charge < -0.3 is 15.0 Å². The molecular weight excluding hydrogens is 455 g/mol. The zero-order chi connectivity index (χ0) is 22.2. The molecule has 0 aromatic heterocycles. The maximum Gasteiger partial charge on any atom is 0.422 e. The highest BCUT2D eigenvalue weighted by atomic mass is 32.2. The van der Waals surface area contributed by atoms with E-state index in [0.717, 1.165) is 10.6 Å². The number of benzene rings is 2. The van der Waals surface area contributed by atoms with Crippen molar-refractivity contribution < 1.29 is 31.1 Å². The van der Waals surface area contributed by atoms with Crippen molar-refractivity contribution >= 4 is 38.5 Å². The Balaban J connectivity index is 1.41. The second-order valence-electron chi connectivity index (χ2n) is 6.83. The van der Waals surface area contributed by atoms with Gasteiger partial charge in [-0.25, -0.2) is 8.42 Å². The Morgan fingerprint density at radius 3 is 2.81 bits per heavy atom. The van der Waals surface area contributed by atoms with E-state index in [1.54, 1.807) is 35.2 Å². The Labute approximate surface area is 180 Å². The predicted octanol–water partition coefficient (Wildman–Crippen LogP) is 3.17. The van der Waals surface area contributed by atoms with E-state index in [1.807, 2.05) is 0 Å². The minimum absolute atomic E-state index is 0.0605. The highest BCUT2D eigenvalue weighted by Gasteiger charge is 2.33. The third-order valence-corrected chi connectivity index (χ3v) is 6.80. The molecule has 1 amide bonds. The smallest absolute Gasteiger partial charge is 0.422 e. The van der Waals surface area contributed by atoms with Crippen LogP contribution in [0, 0.1) is 0 Å². The largest absolute Gasteiger partial charge is 0.484 e. The van der Waals surface area contributed by atoms with Crippen LogP contribution in [0.3, 0.4) is 0 Å². The molecule has 2 aliphatic rings. The Bertz CT molecular complexity index is 1170. The summed E-state index contributed by atoms with van der Waals surface area (Å²) in [7, 11) is -3.46. The second kappa shape index (κ2) is 8.08. The lowest BCUT2D eigenvalue weighted by Crippen LogP contribution is -2.35. The number of halogens is 3. The van der Waals surface area contributed by atoms with E-state index < -0.39 is 22.8 Å². The number of nitrogens with zero attached hydrogens (tertiary/aromatic N) is 2. The van der Waals surface area contributed by atoms with Gasteiger partial charge in [0.2, 0.25) is 0 Å². The van der Waals surface area contributed by atoms with Crippen molar-refractivity contribution in [2.24, 2.45) is 4.40 Å². The molecule has 0 bridgehead atoms. The SMILES string of the molecule is O=C(NCc1cccc(OCC(F)(F)F)c1)c1ccc2c(c1)SC1=NS(=O)(=O)CCN12. The highest BCUT2D eigenvalue weighted by molar-refractivity contribution is 8.15. The van der Waals surface area contributed by atoms with Gasteiger partial charge in [-0.15, -0.1) is 4.40 Å². The lowest BCUT2D eigenvalue weighted by atomic mass is 10.1. The van der Waals surface area contributed by atoms with Crippen LogP contribution in [0.5, 0.6) is 5.75 Å². The van der Waals surface area contributed by atoms with Crippen molar-refractivity contribution in [3.63, 3.8) is 0 Å². The van der Waals surface area contributed by atoms with Crippen molar-refractivity contribution in [2.75, 3.05) is 23.8 Å². The fourth-order valence-electron chi connectivity index (χ4n) is 3.07. The molecule has 1 N–H and O–H groups in total. The maximum atomic E-state index is 12.5. The quantitative estimate of drug-likeness (QED) is 0.721. The molecular formula is C19H16F3N3O4S2. The predicted molar refractivity (Wildman–Crippen MR) is 110 cm³/mol. The van der Waals surface area contributed by atoms with Crippen LogP contribution >= 0.6 is 11.8 Å². The number of fused-ring (bicyclic) bond motifs is 3. The lowest BCUT2D eigenvalue weighted by molar-refractivity contribution is -0.153. The molecule has 2 aromatic rings. The number of amides is 1. The number of thioether (sulfide) groups is 1. The average molecular weight is 471 g/mol. The van der Waals surface area contributed by atoms with Crippen LogP contribution in [0.1, 0.15) is 15.9 Å². The first kappa shape index (κ1) is 21.5. The molecule has 4 rings (SSSR count). The van der Waals surface area contributed by atoms with Gasteiger partial charge in [-0.05, 0) is 47.7 Å². The summed E-state index contributed by atoms with van der Waals surface area (Å²) in [5.41, 5.74) is 1.75. The van der Waals surface area contributed by atoms with Crippen molar-refractivity contribution in [2.45, 2.75) is 17.6 Å². The number of anilines is 1. The molecule has 0 atom stereocenters. The number of ether oxygens (including phenoxy) is 1. The second-order valence-corrected chi connectivity index (χ2v) is 9.59. The van der Waals surface area contributed by atoms with Crippen LogP contribution in [0.4, 0.5) is 18.9 Å². The van der Waals surface area contributed by atoms with Crippen LogP contribution in [-0.2, 0) is 16.6 Å². The maximum absolute atomic E-state index is 12.5. The summed E-state index contributed by atoms with van der Waals surface area (Å²) in [5, 5.41) is 3.09. The van der Waals surface area contributed by atoms with Gasteiger partial charge in [0.15, 0.2) is 11.8 Å². The van der Waals surface area contributed by atoms with E-state index in [0.29, 0.717) is 22.8 Å². The van der Waals surface area contributed by atoms with Gasteiger partial charge in [0.05, 0.1) is 11.4 Å². The number of alkyl halides is 3. The summed E-state index contributed by atoms with van der Waals surface area (Å²) < 4.78 is 68.8. The van der Waals surface area contributed by atoms with E-state index in [4.69, 9.17) is 4.74 Å². The molecule has 12 heteroatoms. The van der Waals surface area contributed by atoms with Crippen LogP contribution in [-0.4, -0.2) is 44.6 Å². The van der Waals surface area contributed by atoms with Crippen molar-refractivity contribution in [1.29, 1.82) is 0 Å². The molecule has 164 valence electrons. The van der Waals surface area contributed by atoms with Gasteiger partial charge in [-0.3, -0.25) is 4.79 Å². The first-order valence-corrected chi connectivity index (χ1v) is 11.5. The summed E-state index contributed by atoms with van der Waals surface area (Å²) >= 11 is 1.19. The number of nitrogens with one attached hydrogen (secondary N) is 1. The summed E-state index contributed by atoms with van der Waals surface area (Å²) in [6.07, 6.45) is -4.43. The fraction of sp³-hybridized carbons (Fsp3) is 0.263. The van der Waals surface area contributed by atoms with E-state index in [-0.39, 0.29) is 24.0 Å². The van der Waals surface area contributed by atoms with Gasteiger partial charge in [0.1, 0.15) is 5.75 Å². The monoisotopic (exact) mass is 471 g/mol. The summed E-state index contributed by atoms with van der Waals surface area (Å²) in [4.78, 5) is 15.1. The Morgan fingerprint density at radius 1 is 1.23 bits per heavy atom. The zero-order valence-corrected chi connectivity index (χ0v) is 17.5. The molecule has 2 aromatic carbocycles. The Morgan fingerprint density at radius 2 is 2.03 bits per heavy atom. The van der Waals surface area contributed by atoms with Gasteiger partial charge >= 0.3 is 6.18 Å². The third-order valence-electron chi connectivity index (χ3n) is 4.49. The Kier molecular flexibility index (Phi) is 5.60. The topological polar surface area (TPSA) is 88.1 Å². The Hall–Kier alpha value is -2.73. The average Bonchev–Trinajstić information content (AvgIpc) is 3.05. The molecule has 7 nitrogen and oxygen atoms in total. The number of sulfonamides is 1. The van der Waals surface area contributed by atoms with Crippen LogP contribution in [0.25, 0.3) is 0 Å². The first-order valence-electron chi connectivity index (χ1n) is 9.08. The van der Waals surface area contributed by atoms with Crippen molar-refractivity contribution in [3.8, 4) is 5.75 Å². The normalized spacial score (nSPS) is 16.9. The van der Waals surface area contributed by atoms with E-state index in [9.17, 15) is 26.4 Å². The lowest BCUT2D eigenvalue weighted by Gasteiger charge is -2.22. The highest BCUT2D eigenvalue weighted by Crippen LogP contribution is 2.42. The molecule has 0 saturated heterocycles. The van der Waals surface area contributed by atoms with Gasteiger partial charge in [-0.2, -0.15) is 13.2 Å². The minimum atomic E-state index is -4.43. The molecule has 2 heterocycles. The fourth-order valence-corrected chi connectivity index (χ4v) is 5.36. The number of hydrogen-bond acceptors (Lipinski definition) is 6. The molecule has 0 unspecified atom stereocenters. The minimum Gasteiger partial charge on any atom is -0.484 e. The number of carbonyl (C=O) groups is 1. The third kappa shape index (κ3) is 5.13. The van der Waals surface area contributed by atoms with Crippen molar-refractivity contribution in [3.05, 3.63) is 53.6 Å². The van der Waals surface area contributed by atoms with Gasteiger partial charge in [0, 0.05) is 23.5 Å². The first-order chi connectivity index (χ1) is 14.6. The molecule has 0 saturated carbocycles. The zero-order valence-electron chi connectivity index (χ0n) is 15.8. The van der Waals surface area contributed by atoms with Crippen LogP contribution in [0.2, 0.25) is 0 Å². The summed E-state index contributed by atoms with van der Waals surface area (Å²) in [5.74, 6) is -0.375. The number of carbonyl (C=O) groups excluding carboxylic acids is 1. The summed E-state index contributed by atoms with van der Waals surface area (Å²) in [6.45, 7) is -0.984. The summed E-state index contributed by atoms with van der Waals surface area (Å²) in [6, 6.07) is 11.1. The van der Waals surface area contributed by atoms with Gasteiger partial charge in [-0.1, -0.05) is 12.1 Å². The standard InChI is InChI=1S/C19H16F3N3O4S2/c20-19(21,22)11-29-14-3-1-2-12(8-14)10-23-17(26)13-4-5-15-16(9-13)30-18-24-31(27,28)7-6-25(15)18/h1-5,8-9H,6-7,10-11H2,(H,23,26). The molecule has 0 spiro atoms. The van der Waals surface area contributed by atoms with E-state index >= 15 is 0 Å². The molecule has 0 aliphatic carbocycles. The number of hydrogen-bond donors (Lipinski definition) is 1. The van der Waals surface area contributed by atoms with E-state index in [2.05, 4.69) is 9.71 Å². The van der Waals surface area contributed by atoms with Crippen molar-refractivity contribution in [1.82, 2.24) is 5.32 Å². The number of amidine groups is 1. The van der Waals surface area contributed by atoms with E-state index in [1.165, 1.54) is 23.9 Å². The molecule has 0 radical (unpaired) electrons.